The first-order chi connectivity index (χ1) is 13.9. The van der Waals surface area contributed by atoms with Gasteiger partial charge < -0.3 is 10.2 Å². The number of piperazine rings is 1. The Kier molecular flexibility index (Phi) is 7.92. The molecule has 2 aliphatic heterocycles. The van der Waals surface area contributed by atoms with Crippen LogP contribution in [-0.2, 0) is 16.1 Å². The number of hydrogen-bond acceptors (Lipinski definition) is 4. The van der Waals surface area contributed by atoms with Crippen LogP contribution in [0.2, 0.25) is 5.02 Å². The monoisotopic (exact) mass is 420 g/mol. The molecule has 160 valence electrons. The SMILES string of the molecule is C[C@@H]1C[C@@H](C)CN(C(=O)CN2CCN(CC(=O)NCc3ccccc3Cl)CC2)C1. The summed E-state index contributed by atoms with van der Waals surface area (Å²) in [6.07, 6.45) is 1.21. The van der Waals surface area contributed by atoms with E-state index in [9.17, 15) is 9.59 Å². The zero-order valence-electron chi connectivity index (χ0n) is 17.6. The van der Waals surface area contributed by atoms with Crippen molar-refractivity contribution in [3.8, 4) is 0 Å². The number of rotatable bonds is 6. The number of benzene rings is 1. The number of amides is 2. The number of hydrogen-bond donors (Lipinski definition) is 1. The van der Waals surface area contributed by atoms with Gasteiger partial charge in [0.15, 0.2) is 0 Å². The number of nitrogens with zero attached hydrogens (tertiary/aromatic N) is 3. The molecule has 3 rings (SSSR count). The van der Waals surface area contributed by atoms with Gasteiger partial charge in [-0.3, -0.25) is 19.4 Å². The molecule has 7 heteroatoms. The average Bonchev–Trinajstić information content (AvgIpc) is 2.68. The van der Waals surface area contributed by atoms with E-state index >= 15 is 0 Å². The van der Waals surface area contributed by atoms with Gasteiger partial charge in [0, 0.05) is 50.8 Å². The molecule has 2 heterocycles. The Labute approximate surface area is 179 Å². The molecule has 0 aliphatic carbocycles. The van der Waals surface area contributed by atoms with E-state index in [0.717, 1.165) is 44.8 Å². The fourth-order valence-electron chi connectivity index (χ4n) is 4.36. The van der Waals surface area contributed by atoms with E-state index in [0.29, 0.717) is 36.5 Å². The summed E-state index contributed by atoms with van der Waals surface area (Å²) in [5.74, 6) is 1.42. The van der Waals surface area contributed by atoms with Gasteiger partial charge in [-0.25, -0.2) is 0 Å². The van der Waals surface area contributed by atoms with E-state index in [1.807, 2.05) is 29.2 Å². The fraction of sp³-hybridized carbons (Fsp3) is 0.636. The number of likely N-dealkylation sites (tertiary alicyclic amines) is 1. The molecule has 0 spiro atoms. The minimum atomic E-state index is 0.00531. The predicted octanol–water partition coefficient (Wildman–Crippen LogP) is 2.08. The molecule has 2 atom stereocenters. The first-order valence-corrected chi connectivity index (χ1v) is 11.0. The van der Waals surface area contributed by atoms with Gasteiger partial charge >= 0.3 is 0 Å². The van der Waals surface area contributed by atoms with Crippen molar-refractivity contribution in [2.45, 2.75) is 26.8 Å². The second-order valence-electron chi connectivity index (χ2n) is 8.67. The molecule has 0 aromatic heterocycles. The highest BCUT2D eigenvalue weighted by Gasteiger charge is 2.27. The van der Waals surface area contributed by atoms with Crippen LogP contribution >= 0.6 is 11.6 Å². The second-order valence-corrected chi connectivity index (χ2v) is 9.07. The summed E-state index contributed by atoms with van der Waals surface area (Å²) < 4.78 is 0. The van der Waals surface area contributed by atoms with E-state index in [4.69, 9.17) is 11.6 Å². The van der Waals surface area contributed by atoms with Gasteiger partial charge in [-0.05, 0) is 29.9 Å². The Hall–Kier alpha value is -1.63. The van der Waals surface area contributed by atoms with Gasteiger partial charge in [-0.1, -0.05) is 43.6 Å². The summed E-state index contributed by atoms with van der Waals surface area (Å²) in [6.45, 7) is 10.8. The topological polar surface area (TPSA) is 55.9 Å². The van der Waals surface area contributed by atoms with Crippen molar-refractivity contribution in [2.24, 2.45) is 11.8 Å². The van der Waals surface area contributed by atoms with Crippen molar-refractivity contribution in [1.82, 2.24) is 20.0 Å². The zero-order valence-corrected chi connectivity index (χ0v) is 18.3. The Morgan fingerprint density at radius 3 is 2.21 bits per heavy atom. The molecule has 0 saturated carbocycles. The van der Waals surface area contributed by atoms with Crippen molar-refractivity contribution in [1.29, 1.82) is 0 Å². The largest absolute Gasteiger partial charge is 0.351 e. The lowest BCUT2D eigenvalue weighted by atomic mass is 9.92. The maximum Gasteiger partial charge on any atom is 0.236 e. The number of nitrogens with one attached hydrogen (secondary N) is 1. The van der Waals surface area contributed by atoms with Crippen LogP contribution in [0.3, 0.4) is 0 Å². The molecule has 2 amide bonds. The molecule has 0 bridgehead atoms. The quantitative estimate of drug-likeness (QED) is 0.765. The highest BCUT2D eigenvalue weighted by Crippen LogP contribution is 2.21. The maximum atomic E-state index is 12.7. The molecule has 29 heavy (non-hydrogen) atoms. The van der Waals surface area contributed by atoms with Gasteiger partial charge in [0.25, 0.3) is 0 Å². The molecule has 2 saturated heterocycles. The Balaban J connectivity index is 1.36. The van der Waals surface area contributed by atoms with Crippen LogP contribution in [0.25, 0.3) is 0 Å². The lowest BCUT2D eigenvalue weighted by molar-refractivity contribution is -0.135. The number of carbonyl (C=O) groups excluding carboxylic acids is 2. The normalized spacial score (nSPS) is 23.8. The first-order valence-electron chi connectivity index (χ1n) is 10.6. The van der Waals surface area contributed by atoms with Crippen LogP contribution in [0, 0.1) is 11.8 Å². The molecule has 1 aromatic rings. The molecule has 2 fully saturated rings. The molecular formula is C22H33ClN4O2. The molecule has 0 unspecified atom stereocenters. The van der Waals surface area contributed by atoms with E-state index in [1.165, 1.54) is 6.42 Å². The van der Waals surface area contributed by atoms with Gasteiger partial charge in [-0.15, -0.1) is 0 Å². The van der Waals surface area contributed by atoms with Crippen molar-refractivity contribution in [2.75, 3.05) is 52.4 Å². The lowest BCUT2D eigenvalue weighted by Crippen LogP contribution is -2.53. The van der Waals surface area contributed by atoms with Crippen molar-refractivity contribution in [3.05, 3.63) is 34.9 Å². The number of piperidine rings is 1. The Morgan fingerprint density at radius 2 is 1.59 bits per heavy atom. The van der Waals surface area contributed by atoms with E-state index < -0.39 is 0 Å². The summed E-state index contributed by atoms with van der Waals surface area (Å²) in [5, 5.41) is 3.61. The van der Waals surface area contributed by atoms with Crippen LogP contribution in [0.4, 0.5) is 0 Å². The molecule has 6 nitrogen and oxygen atoms in total. The minimum absolute atomic E-state index is 0.00531. The molecule has 0 radical (unpaired) electrons. The lowest BCUT2D eigenvalue weighted by Gasteiger charge is -2.38. The highest BCUT2D eigenvalue weighted by atomic mass is 35.5. The third-order valence-corrected chi connectivity index (χ3v) is 6.22. The molecular weight excluding hydrogens is 388 g/mol. The predicted molar refractivity (Wildman–Crippen MR) is 116 cm³/mol. The minimum Gasteiger partial charge on any atom is -0.351 e. The number of carbonyl (C=O) groups is 2. The number of halogens is 1. The smallest absolute Gasteiger partial charge is 0.236 e. The first kappa shape index (κ1) is 22.1. The summed E-state index contributed by atoms with van der Waals surface area (Å²) >= 11 is 6.13. The molecule has 1 aromatic carbocycles. The standard InChI is InChI=1S/C22H33ClN4O2/c1-17-11-18(2)14-27(13-17)22(29)16-26-9-7-25(8-10-26)15-21(28)24-12-19-5-3-4-6-20(19)23/h3-6,17-18H,7-16H2,1-2H3,(H,24,28)/t17-,18-/m1/s1. The van der Waals surface area contributed by atoms with Crippen molar-refractivity contribution >= 4 is 23.4 Å². The second kappa shape index (κ2) is 10.4. The molecule has 2 aliphatic rings. The summed E-state index contributed by atoms with van der Waals surface area (Å²) in [7, 11) is 0. The van der Waals surface area contributed by atoms with Crippen LogP contribution in [-0.4, -0.2) is 78.9 Å². The van der Waals surface area contributed by atoms with Crippen molar-refractivity contribution < 1.29 is 9.59 Å². The van der Waals surface area contributed by atoms with Gasteiger partial charge in [0.2, 0.25) is 11.8 Å². The van der Waals surface area contributed by atoms with E-state index in [2.05, 4.69) is 29.0 Å². The Morgan fingerprint density at radius 1 is 1.00 bits per heavy atom. The van der Waals surface area contributed by atoms with Gasteiger partial charge in [-0.2, -0.15) is 0 Å². The summed E-state index contributed by atoms with van der Waals surface area (Å²) in [4.78, 5) is 31.3. The van der Waals surface area contributed by atoms with E-state index in [1.54, 1.807) is 0 Å². The van der Waals surface area contributed by atoms with Gasteiger partial charge in [0.1, 0.15) is 0 Å². The van der Waals surface area contributed by atoms with Crippen LogP contribution in [0.5, 0.6) is 0 Å². The van der Waals surface area contributed by atoms with Crippen molar-refractivity contribution in [3.63, 3.8) is 0 Å². The third-order valence-electron chi connectivity index (χ3n) is 5.85. The maximum absolute atomic E-state index is 12.7. The summed E-state index contributed by atoms with van der Waals surface area (Å²) in [5.41, 5.74) is 0.923. The zero-order chi connectivity index (χ0) is 20.8. The molecule has 1 N–H and O–H groups in total. The summed E-state index contributed by atoms with van der Waals surface area (Å²) in [6, 6.07) is 7.54. The Bertz CT molecular complexity index is 696. The fourth-order valence-corrected chi connectivity index (χ4v) is 4.56. The third kappa shape index (κ3) is 6.69. The van der Waals surface area contributed by atoms with Crippen LogP contribution in [0.15, 0.2) is 24.3 Å². The highest BCUT2D eigenvalue weighted by molar-refractivity contribution is 6.31. The van der Waals surface area contributed by atoms with Gasteiger partial charge in [0.05, 0.1) is 13.1 Å². The van der Waals surface area contributed by atoms with Crippen LogP contribution in [0.1, 0.15) is 25.8 Å². The average molecular weight is 421 g/mol. The van der Waals surface area contributed by atoms with E-state index in [-0.39, 0.29) is 11.8 Å². The van der Waals surface area contributed by atoms with Crippen LogP contribution < -0.4 is 5.32 Å².